The molecule has 1 N–H and O–H groups in total. The second-order valence-corrected chi connectivity index (χ2v) is 6.54. The number of nitrogens with one attached hydrogen (secondary N) is 1. The lowest BCUT2D eigenvalue weighted by Gasteiger charge is -2.23. The third-order valence-electron chi connectivity index (χ3n) is 3.47. The molecule has 7 heteroatoms. The van der Waals surface area contributed by atoms with Gasteiger partial charge in [-0.05, 0) is 48.5 Å². The molecule has 0 bridgehead atoms. The second kappa shape index (κ2) is 7.15. The topological polar surface area (TPSA) is 61.8 Å². The monoisotopic (exact) mass is 405 g/mol. The van der Waals surface area contributed by atoms with E-state index < -0.39 is 0 Å². The summed E-state index contributed by atoms with van der Waals surface area (Å²) in [6, 6.07) is 14.0. The minimum atomic E-state index is -0.316. The van der Waals surface area contributed by atoms with Crippen molar-refractivity contribution in [2.24, 2.45) is 5.10 Å². The Balaban J connectivity index is 1.80. The van der Waals surface area contributed by atoms with Gasteiger partial charge in [-0.1, -0.05) is 27.5 Å². The zero-order chi connectivity index (χ0) is 17.1. The van der Waals surface area contributed by atoms with Gasteiger partial charge < -0.3 is 5.32 Å². The molecule has 0 spiro atoms. The molecule has 3 rings (SSSR count). The quantitative estimate of drug-likeness (QED) is 0.829. The molecule has 1 heterocycles. The van der Waals surface area contributed by atoms with Gasteiger partial charge in [0.25, 0.3) is 5.91 Å². The van der Waals surface area contributed by atoms with E-state index in [9.17, 15) is 9.59 Å². The molecule has 0 aromatic heterocycles. The summed E-state index contributed by atoms with van der Waals surface area (Å²) in [5.74, 6) is -0.471. The van der Waals surface area contributed by atoms with Gasteiger partial charge in [0.1, 0.15) is 5.71 Å². The van der Waals surface area contributed by atoms with E-state index in [1.165, 1.54) is 5.01 Å². The maximum atomic E-state index is 12.4. The molecule has 0 fully saturated rings. The zero-order valence-corrected chi connectivity index (χ0v) is 14.8. The van der Waals surface area contributed by atoms with Crippen LogP contribution in [0.25, 0.3) is 0 Å². The van der Waals surface area contributed by atoms with Crippen LogP contribution in [-0.4, -0.2) is 17.5 Å². The molecule has 2 aromatic rings. The van der Waals surface area contributed by atoms with Gasteiger partial charge in [0.15, 0.2) is 0 Å². The highest BCUT2D eigenvalue weighted by Crippen LogP contribution is 2.23. The smallest absolute Gasteiger partial charge is 0.271 e. The van der Waals surface area contributed by atoms with Gasteiger partial charge >= 0.3 is 0 Å². The molecule has 1 aliphatic rings. The fourth-order valence-electron chi connectivity index (χ4n) is 2.24. The SMILES string of the molecule is O=C(Nc1ccc(Br)cc1)C1=NN(c2ccc(Cl)cc2)C(=O)CC1. The molecular weight excluding hydrogens is 394 g/mol. The van der Waals surface area contributed by atoms with E-state index >= 15 is 0 Å². The van der Waals surface area contributed by atoms with Crippen LogP contribution in [0.5, 0.6) is 0 Å². The van der Waals surface area contributed by atoms with Crippen LogP contribution in [0.4, 0.5) is 11.4 Å². The lowest BCUT2D eigenvalue weighted by molar-refractivity contribution is -0.118. The van der Waals surface area contributed by atoms with Crippen LogP contribution in [-0.2, 0) is 9.59 Å². The first-order valence-corrected chi connectivity index (χ1v) is 8.43. The number of amides is 2. The summed E-state index contributed by atoms with van der Waals surface area (Å²) in [5.41, 5.74) is 1.56. The Morgan fingerprint density at radius 3 is 2.42 bits per heavy atom. The Morgan fingerprint density at radius 2 is 1.75 bits per heavy atom. The third kappa shape index (κ3) is 3.83. The number of hydrogen-bond donors (Lipinski definition) is 1. The number of carbonyl (C=O) groups excluding carboxylic acids is 2. The van der Waals surface area contributed by atoms with Crippen LogP contribution >= 0.6 is 27.5 Å². The third-order valence-corrected chi connectivity index (χ3v) is 4.25. The van der Waals surface area contributed by atoms with Gasteiger partial charge in [0, 0.05) is 28.0 Å². The maximum absolute atomic E-state index is 12.4. The predicted molar refractivity (Wildman–Crippen MR) is 98.4 cm³/mol. The van der Waals surface area contributed by atoms with Crippen molar-refractivity contribution >= 4 is 56.4 Å². The molecule has 0 radical (unpaired) electrons. The van der Waals surface area contributed by atoms with Gasteiger partial charge in [-0.3, -0.25) is 9.59 Å². The first-order valence-electron chi connectivity index (χ1n) is 7.26. The Kier molecular flexibility index (Phi) is 4.97. The minimum absolute atomic E-state index is 0.155. The van der Waals surface area contributed by atoms with Crippen LogP contribution in [0.15, 0.2) is 58.1 Å². The highest BCUT2D eigenvalue weighted by atomic mass is 79.9. The summed E-state index contributed by atoms with van der Waals surface area (Å²) in [4.78, 5) is 24.5. The lowest BCUT2D eigenvalue weighted by Crippen LogP contribution is -2.36. The fraction of sp³-hybridized carbons (Fsp3) is 0.118. The van der Waals surface area contributed by atoms with Crippen molar-refractivity contribution in [1.29, 1.82) is 0 Å². The van der Waals surface area contributed by atoms with Crippen LogP contribution in [0.2, 0.25) is 5.02 Å². The van der Waals surface area contributed by atoms with E-state index in [0.717, 1.165) is 4.47 Å². The van der Waals surface area contributed by atoms with Gasteiger partial charge in [-0.15, -0.1) is 0 Å². The number of benzene rings is 2. The molecule has 2 amide bonds. The molecule has 24 heavy (non-hydrogen) atoms. The first-order chi connectivity index (χ1) is 11.5. The van der Waals surface area contributed by atoms with Gasteiger partial charge in [0.05, 0.1) is 5.69 Å². The molecule has 0 saturated carbocycles. The first kappa shape index (κ1) is 16.7. The molecule has 0 unspecified atom stereocenters. The largest absolute Gasteiger partial charge is 0.321 e. The maximum Gasteiger partial charge on any atom is 0.271 e. The Bertz CT molecular complexity index is 804. The molecule has 5 nitrogen and oxygen atoms in total. The summed E-state index contributed by atoms with van der Waals surface area (Å²) in [5, 5.41) is 8.81. The molecule has 0 saturated heterocycles. The number of carbonyl (C=O) groups is 2. The van der Waals surface area contributed by atoms with Crippen molar-refractivity contribution in [3.63, 3.8) is 0 Å². The standard InChI is InChI=1S/C17H13BrClN3O2/c18-11-1-5-13(6-2-11)20-17(24)15-9-10-16(23)22(21-15)14-7-3-12(19)4-8-14/h1-8H,9-10H2,(H,20,24). The van der Waals surface area contributed by atoms with Crippen LogP contribution in [0.1, 0.15) is 12.8 Å². The van der Waals surface area contributed by atoms with E-state index in [0.29, 0.717) is 28.5 Å². The fourth-order valence-corrected chi connectivity index (χ4v) is 2.63. The van der Waals surface area contributed by atoms with Gasteiger partial charge in [0.2, 0.25) is 5.91 Å². The molecule has 0 aliphatic carbocycles. The summed E-state index contributed by atoms with van der Waals surface area (Å²) in [6.07, 6.45) is 0.542. The van der Waals surface area contributed by atoms with E-state index in [1.807, 2.05) is 12.1 Å². The molecule has 1 aliphatic heterocycles. The van der Waals surface area contributed by atoms with Crippen LogP contribution < -0.4 is 10.3 Å². The van der Waals surface area contributed by atoms with E-state index in [-0.39, 0.29) is 18.2 Å². The summed E-state index contributed by atoms with van der Waals surface area (Å²) in [7, 11) is 0. The number of anilines is 2. The van der Waals surface area contributed by atoms with Gasteiger partial charge in [-0.2, -0.15) is 5.10 Å². The Morgan fingerprint density at radius 1 is 1.08 bits per heavy atom. The summed E-state index contributed by atoms with van der Waals surface area (Å²) in [6.45, 7) is 0. The molecule has 2 aromatic carbocycles. The Hall–Kier alpha value is -2.18. The van der Waals surface area contributed by atoms with Crippen molar-refractivity contribution in [3.05, 3.63) is 58.0 Å². The highest BCUT2D eigenvalue weighted by Gasteiger charge is 2.25. The minimum Gasteiger partial charge on any atom is -0.321 e. The van der Waals surface area contributed by atoms with Crippen molar-refractivity contribution in [2.45, 2.75) is 12.8 Å². The Labute approximate surface area is 152 Å². The van der Waals surface area contributed by atoms with E-state index in [4.69, 9.17) is 11.6 Å². The highest BCUT2D eigenvalue weighted by molar-refractivity contribution is 9.10. The number of hydrazone groups is 1. The number of halogens is 2. The summed E-state index contributed by atoms with van der Waals surface area (Å²) >= 11 is 9.20. The van der Waals surface area contributed by atoms with Crippen LogP contribution in [0, 0.1) is 0 Å². The van der Waals surface area contributed by atoms with Crippen LogP contribution in [0.3, 0.4) is 0 Å². The lowest BCUT2D eigenvalue weighted by atomic mass is 10.1. The number of nitrogens with zero attached hydrogens (tertiary/aromatic N) is 2. The molecule has 122 valence electrons. The predicted octanol–water partition coefficient (Wildman–Crippen LogP) is 4.22. The average Bonchev–Trinajstić information content (AvgIpc) is 2.58. The van der Waals surface area contributed by atoms with E-state index in [1.54, 1.807) is 36.4 Å². The average molecular weight is 407 g/mol. The number of rotatable bonds is 3. The van der Waals surface area contributed by atoms with Gasteiger partial charge in [-0.25, -0.2) is 5.01 Å². The summed E-state index contributed by atoms with van der Waals surface area (Å²) < 4.78 is 0.926. The van der Waals surface area contributed by atoms with Crippen molar-refractivity contribution < 1.29 is 9.59 Å². The van der Waals surface area contributed by atoms with E-state index in [2.05, 4.69) is 26.3 Å². The van der Waals surface area contributed by atoms with Crippen molar-refractivity contribution in [2.75, 3.05) is 10.3 Å². The zero-order valence-electron chi connectivity index (χ0n) is 12.5. The van der Waals surface area contributed by atoms with Crippen molar-refractivity contribution in [1.82, 2.24) is 0 Å². The molecular formula is C17H13BrClN3O2. The van der Waals surface area contributed by atoms with Crippen molar-refractivity contribution in [3.8, 4) is 0 Å². The number of hydrogen-bond acceptors (Lipinski definition) is 3. The second-order valence-electron chi connectivity index (χ2n) is 5.19. The molecule has 0 atom stereocenters. The normalized spacial score (nSPS) is 14.3.